The molecule has 0 radical (unpaired) electrons. The van der Waals surface area contributed by atoms with Gasteiger partial charge in [0.25, 0.3) is 0 Å². The van der Waals surface area contributed by atoms with Gasteiger partial charge in [0.15, 0.2) is 0 Å². The van der Waals surface area contributed by atoms with Gasteiger partial charge in [0, 0.05) is 26.3 Å². The van der Waals surface area contributed by atoms with Crippen LogP contribution in [0.2, 0.25) is 0 Å². The van der Waals surface area contributed by atoms with Crippen LogP contribution in [0.1, 0.15) is 12.5 Å². The highest BCUT2D eigenvalue weighted by atomic mass is 19.1. The summed E-state index contributed by atoms with van der Waals surface area (Å²) < 4.78 is 18.3. The first kappa shape index (κ1) is 13.9. The van der Waals surface area contributed by atoms with Gasteiger partial charge in [-0.05, 0) is 23.6 Å². The van der Waals surface area contributed by atoms with E-state index >= 15 is 0 Å². The van der Waals surface area contributed by atoms with Crippen molar-refractivity contribution in [1.82, 2.24) is 10.2 Å². The third kappa shape index (κ3) is 3.47. The Hall–Kier alpha value is -1.55. The standard InChI is InChI=1S/C15H21FN2O/c1-11-9-18(2)10-14(19-3)15(11)17-8-12-4-6-13(16)7-5-12/h4-7,10-11,15,17H,8-9H2,1-3H3/t11-,15-/m0/s1. The SMILES string of the molecule is COC1=CN(C)C[C@H](C)[C@@H]1NCc1ccc(F)cc1. The summed E-state index contributed by atoms with van der Waals surface area (Å²) in [6, 6.07) is 6.78. The molecular weight excluding hydrogens is 243 g/mol. The monoisotopic (exact) mass is 264 g/mol. The summed E-state index contributed by atoms with van der Waals surface area (Å²) in [5.74, 6) is 1.21. The van der Waals surface area contributed by atoms with Crippen molar-refractivity contribution < 1.29 is 9.13 Å². The number of nitrogens with zero attached hydrogens (tertiary/aromatic N) is 1. The van der Waals surface area contributed by atoms with E-state index in [2.05, 4.69) is 17.1 Å². The summed E-state index contributed by atoms with van der Waals surface area (Å²) in [4.78, 5) is 2.14. The molecule has 0 saturated heterocycles. The molecule has 0 unspecified atom stereocenters. The summed E-state index contributed by atoms with van der Waals surface area (Å²) in [6.07, 6.45) is 2.03. The van der Waals surface area contributed by atoms with E-state index in [1.165, 1.54) is 12.1 Å². The highest BCUT2D eigenvalue weighted by Gasteiger charge is 2.27. The fourth-order valence-electron chi connectivity index (χ4n) is 2.50. The number of rotatable bonds is 4. The van der Waals surface area contributed by atoms with E-state index < -0.39 is 0 Å². The average Bonchev–Trinajstić information content (AvgIpc) is 2.39. The van der Waals surface area contributed by atoms with Gasteiger partial charge < -0.3 is 15.0 Å². The van der Waals surface area contributed by atoms with Crippen molar-refractivity contribution in [3.63, 3.8) is 0 Å². The Balaban J connectivity index is 2.01. The van der Waals surface area contributed by atoms with Crippen LogP contribution in [-0.4, -0.2) is 31.6 Å². The molecule has 1 aromatic rings. The lowest BCUT2D eigenvalue weighted by Gasteiger charge is -2.35. The first-order valence-electron chi connectivity index (χ1n) is 6.54. The molecule has 3 nitrogen and oxygen atoms in total. The number of methoxy groups -OCH3 is 1. The lowest BCUT2D eigenvalue weighted by molar-refractivity contribution is 0.174. The van der Waals surface area contributed by atoms with E-state index in [4.69, 9.17) is 4.74 Å². The van der Waals surface area contributed by atoms with E-state index in [1.54, 1.807) is 19.2 Å². The maximum Gasteiger partial charge on any atom is 0.129 e. The molecule has 2 atom stereocenters. The van der Waals surface area contributed by atoms with Gasteiger partial charge in [-0.1, -0.05) is 19.1 Å². The topological polar surface area (TPSA) is 24.5 Å². The van der Waals surface area contributed by atoms with Crippen LogP contribution in [0.5, 0.6) is 0 Å². The van der Waals surface area contributed by atoms with Crippen molar-refractivity contribution in [3.8, 4) is 0 Å². The molecule has 4 heteroatoms. The van der Waals surface area contributed by atoms with E-state index in [0.29, 0.717) is 12.5 Å². The van der Waals surface area contributed by atoms with Crippen LogP contribution in [0, 0.1) is 11.7 Å². The highest BCUT2D eigenvalue weighted by molar-refractivity contribution is 5.17. The molecule has 1 heterocycles. The smallest absolute Gasteiger partial charge is 0.129 e. The van der Waals surface area contributed by atoms with E-state index in [0.717, 1.165) is 17.9 Å². The Bertz CT molecular complexity index is 444. The molecule has 0 saturated carbocycles. The Morgan fingerprint density at radius 3 is 2.68 bits per heavy atom. The predicted octanol–water partition coefficient (Wildman–Crippen LogP) is 2.35. The van der Waals surface area contributed by atoms with Crippen molar-refractivity contribution in [2.24, 2.45) is 5.92 Å². The van der Waals surface area contributed by atoms with Gasteiger partial charge in [-0.3, -0.25) is 0 Å². The van der Waals surface area contributed by atoms with Crippen LogP contribution in [0.15, 0.2) is 36.2 Å². The molecule has 0 fully saturated rings. The lowest BCUT2D eigenvalue weighted by atomic mass is 9.96. The molecule has 0 aliphatic carbocycles. The summed E-state index contributed by atoms with van der Waals surface area (Å²) in [5.41, 5.74) is 1.07. The van der Waals surface area contributed by atoms with Crippen LogP contribution < -0.4 is 5.32 Å². The minimum absolute atomic E-state index is 0.200. The van der Waals surface area contributed by atoms with Gasteiger partial charge in [-0.2, -0.15) is 0 Å². The van der Waals surface area contributed by atoms with Crippen molar-refractivity contribution in [1.29, 1.82) is 0 Å². The minimum atomic E-state index is -0.200. The fraction of sp³-hybridized carbons (Fsp3) is 0.467. The molecule has 0 amide bonds. The number of benzene rings is 1. The molecular formula is C15H21FN2O. The minimum Gasteiger partial charge on any atom is -0.498 e. The van der Waals surface area contributed by atoms with Crippen LogP contribution in [0.25, 0.3) is 0 Å². The predicted molar refractivity (Wildman–Crippen MR) is 73.9 cm³/mol. The van der Waals surface area contributed by atoms with Gasteiger partial charge in [0.05, 0.1) is 13.2 Å². The molecule has 1 aliphatic heterocycles. The first-order chi connectivity index (χ1) is 9.10. The average molecular weight is 264 g/mol. The number of ether oxygens (including phenoxy) is 1. The largest absolute Gasteiger partial charge is 0.498 e. The molecule has 1 aromatic carbocycles. The van der Waals surface area contributed by atoms with Gasteiger partial charge in [0.2, 0.25) is 0 Å². The Morgan fingerprint density at radius 1 is 1.37 bits per heavy atom. The fourth-order valence-corrected chi connectivity index (χ4v) is 2.50. The van der Waals surface area contributed by atoms with Crippen molar-refractivity contribution in [2.45, 2.75) is 19.5 Å². The Labute approximate surface area is 114 Å². The molecule has 1 aliphatic rings. The van der Waals surface area contributed by atoms with Crippen LogP contribution in [-0.2, 0) is 11.3 Å². The summed E-state index contributed by atoms with van der Waals surface area (Å²) in [5, 5.41) is 3.49. The summed E-state index contributed by atoms with van der Waals surface area (Å²) in [7, 11) is 3.75. The molecule has 1 N–H and O–H groups in total. The van der Waals surface area contributed by atoms with Crippen LogP contribution in [0.3, 0.4) is 0 Å². The Morgan fingerprint density at radius 2 is 2.05 bits per heavy atom. The number of hydrogen-bond donors (Lipinski definition) is 1. The van der Waals surface area contributed by atoms with Crippen LogP contribution in [0.4, 0.5) is 4.39 Å². The molecule has 19 heavy (non-hydrogen) atoms. The van der Waals surface area contributed by atoms with E-state index in [-0.39, 0.29) is 11.9 Å². The maximum absolute atomic E-state index is 12.8. The zero-order chi connectivity index (χ0) is 13.8. The van der Waals surface area contributed by atoms with E-state index in [1.807, 2.05) is 13.2 Å². The number of hydrogen-bond acceptors (Lipinski definition) is 3. The van der Waals surface area contributed by atoms with E-state index in [9.17, 15) is 4.39 Å². The summed E-state index contributed by atoms with van der Waals surface area (Å²) in [6.45, 7) is 3.90. The van der Waals surface area contributed by atoms with Crippen molar-refractivity contribution >= 4 is 0 Å². The molecule has 0 spiro atoms. The third-order valence-electron chi connectivity index (χ3n) is 3.47. The maximum atomic E-state index is 12.8. The number of nitrogens with one attached hydrogen (secondary N) is 1. The normalized spacial score (nSPS) is 23.2. The zero-order valence-corrected chi connectivity index (χ0v) is 11.7. The molecule has 0 aromatic heterocycles. The second kappa shape index (κ2) is 6.06. The van der Waals surface area contributed by atoms with Gasteiger partial charge in [0.1, 0.15) is 11.6 Å². The number of halogens is 1. The van der Waals surface area contributed by atoms with Crippen molar-refractivity contribution in [3.05, 3.63) is 47.6 Å². The van der Waals surface area contributed by atoms with Gasteiger partial charge >= 0.3 is 0 Å². The van der Waals surface area contributed by atoms with Crippen LogP contribution >= 0.6 is 0 Å². The second-order valence-corrected chi connectivity index (χ2v) is 5.14. The quantitative estimate of drug-likeness (QED) is 0.903. The molecule has 2 rings (SSSR count). The first-order valence-corrected chi connectivity index (χ1v) is 6.54. The third-order valence-corrected chi connectivity index (χ3v) is 3.47. The highest BCUT2D eigenvalue weighted by Crippen LogP contribution is 2.21. The van der Waals surface area contributed by atoms with Crippen molar-refractivity contribution in [2.75, 3.05) is 20.7 Å². The van der Waals surface area contributed by atoms with Gasteiger partial charge in [-0.15, -0.1) is 0 Å². The second-order valence-electron chi connectivity index (χ2n) is 5.14. The molecule has 104 valence electrons. The zero-order valence-electron chi connectivity index (χ0n) is 11.7. The Kier molecular flexibility index (Phi) is 4.43. The van der Waals surface area contributed by atoms with Gasteiger partial charge in [-0.25, -0.2) is 4.39 Å². The molecule has 0 bridgehead atoms. The summed E-state index contributed by atoms with van der Waals surface area (Å²) >= 11 is 0. The lowest BCUT2D eigenvalue weighted by Crippen LogP contribution is -2.44.